The normalized spacial score (nSPS) is 26.5. The van der Waals surface area contributed by atoms with Gasteiger partial charge >= 0.3 is 0 Å². The van der Waals surface area contributed by atoms with Gasteiger partial charge in [0.2, 0.25) is 0 Å². The van der Waals surface area contributed by atoms with Crippen molar-refractivity contribution in [2.24, 2.45) is 0 Å². The van der Waals surface area contributed by atoms with Gasteiger partial charge in [-0.2, -0.15) is 0 Å². The lowest BCUT2D eigenvalue weighted by Gasteiger charge is -2.54. The number of fused-ring (bicyclic) bond motifs is 12. The molecule has 3 nitrogen and oxygen atoms in total. The number of benzene rings is 6. The fourth-order valence-corrected chi connectivity index (χ4v) is 13.7. The van der Waals surface area contributed by atoms with Crippen LogP contribution in [-0.2, 0) is 28.2 Å². The number of hydrogen-bond donors (Lipinski definition) is 0. The molecule has 300 valence electrons. The largest absolute Gasteiger partial charge is 0.335 e. The molecule has 0 bridgehead atoms. The lowest BCUT2D eigenvalue weighted by atomic mass is 9.33. The highest BCUT2D eigenvalue weighted by Gasteiger charge is 2.63. The quantitative estimate of drug-likeness (QED) is 0.162. The van der Waals surface area contributed by atoms with Gasteiger partial charge in [-0.1, -0.05) is 137 Å². The van der Waals surface area contributed by atoms with Crippen molar-refractivity contribution in [3.05, 3.63) is 154 Å². The van der Waals surface area contributed by atoms with Crippen LogP contribution in [0.4, 0.5) is 39.8 Å². The van der Waals surface area contributed by atoms with Gasteiger partial charge in [-0.05, 0) is 139 Å². The SMILES string of the molecule is Cc1ccc(N2c3ccc(C)cc3B3c4cc(C(C)(C)C)cc5c4N(c4cc(N6c7ccccc7C7(C)CCc8ccccc8C67C)cc2c43)C2(C)CCCCC52C)cc1. The Morgan fingerprint density at radius 1 is 0.550 bits per heavy atom. The summed E-state index contributed by atoms with van der Waals surface area (Å²) in [4.78, 5) is 8.35. The first-order valence-corrected chi connectivity index (χ1v) is 22.8. The molecule has 6 aromatic carbocycles. The Hall–Kier alpha value is -5.22. The summed E-state index contributed by atoms with van der Waals surface area (Å²) in [6, 6.07) is 45.8. The topological polar surface area (TPSA) is 9.72 Å². The van der Waals surface area contributed by atoms with Gasteiger partial charge in [0.05, 0.1) is 11.1 Å². The van der Waals surface area contributed by atoms with E-state index in [1.54, 1.807) is 5.56 Å². The van der Waals surface area contributed by atoms with Gasteiger partial charge < -0.3 is 14.7 Å². The van der Waals surface area contributed by atoms with E-state index in [0.29, 0.717) is 0 Å². The highest BCUT2D eigenvalue weighted by Crippen LogP contribution is 2.66. The summed E-state index contributed by atoms with van der Waals surface area (Å²) in [5, 5.41) is 0. The molecule has 0 saturated heterocycles. The van der Waals surface area contributed by atoms with Crippen molar-refractivity contribution in [3.8, 4) is 0 Å². The second-order valence-electron chi connectivity index (χ2n) is 21.3. The number of para-hydroxylation sites is 1. The van der Waals surface area contributed by atoms with Crippen LogP contribution < -0.4 is 31.1 Å². The molecule has 60 heavy (non-hydrogen) atoms. The van der Waals surface area contributed by atoms with Crippen LogP contribution in [-0.4, -0.2) is 12.3 Å². The highest BCUT2D eigenvalue weighted by atomic mass is 15.3. The zero-order valence-corrected chi connectivity index (χ0v) is 37.1. The molecule has 12 rings (SSSR count). The smallest absolute Gasteiger partial charge is 0.252 e. The molecule has 4 unspecified atom stereocenters. The lowest BCUT2D eigenvalue weighted by Crippen LogP contribution is -2.64. The van der Waals surface area contributed by atoms with E-state index in [1.807, 2.05) is 0 Å². The molecule has 6 aromatic rings. The van der Waals surface area contributed by atoms with Crippen molar-refractivity contribution in [1.29, 1.82) is 0 Å². The minimum absolute atomic E-state index is 0.0200. The van der Waals surface area contributed by atoms with Crippen molar-refractivity contribution in [2.75, 3.05) is 14.7 Å². The minimum Gasteiger partial charge on any atom is -0.335 e. The number of aryl methyl sites for hydroxylation is 3. The van der Waals surface area contributed by atoms with Crippen LogP contribution in [0.15, 0.2) is 115 Å². The monoisotopic (exact) mass is 783 g/mol. The minimum atomic E-state index is -0.294. The average molecular weight is 784 g/mol. The Labute approximate surface area is 358 Å². The Balaban J connectivity index is 1.23. The molecular formula is C56H58BN3. The van der Waals surface area contributed by atoms with Gasteiger partial charge in [-0.15, -0.1) is 0 Å². The van der Waals surface area contributed by atoms with Crippen molar-refractivity contribution in [3.63, 3.8) is 0 Å². The Bertz CT molecular complexity index is 2830. The molecule has 0 spiro atoms. The van der Waals surface area contributed by atoms with E-state index in [2.05, 4.69) is 192 Å². The summed E-state index contributed by atoms with van der Waals surface area (Å²) in [7, 11) is 0. The third-order valence-electron chi connectivity index (χ3n) is 17.3. The molecule has 0 N–H and O–H groups in total. The van der Waals surface area contributed by atoms with Crippen LogP contribution in [0, 0.1) is 13.8 Å². The standard InChI is InChI=1S/C56H58BN3/c1-35-20-23-39(24-21-35)58-47-25-22-36(2)30-44(47)57-45-32-38(52(3,4)5)31-43-51(45)60(55(8)28-15-14-27-53(43,55)6)49-34-40(33-48(58)50(49)57)59-46-19-13-12-18-42(46)54(7)29-26-37-16-10-11-17-41(37)56(54,59)9/h10-13,16-25,30-34H,14-15,26-29H2,1-9H3. The first-order valence-electron chi connectivity index (χ1n) is 22.8. The third kappa shape index (κ3) is 4.33. The van der Waals surface area contributed by atoms with Crippen molar-refractivity contribution in [1.82, 2.24) is 0 Å². The molecule has 1 fully saturated rings. The number of anilines is 7. The maximum Gasteiger partial charge on any atom is 0.252 e. The van der Waals surface area contributed by atoms with E-state index in [1.165, 1.54) is 115 Å². The molecular weight excluding hydrogens is 725 g/mol. The predicted octanol–water partition coefficient (Wildman–Crippen LogP) is 12.2. The highest BCUT2D eigenvalue weighted by molar-refractivity contribution is 7.00. The second kappa shape index (κ2) is 11.8. The molecule has 1 saturated carbocycles. The third-order valence-corrected chi connectivity index (χ3v) is 17.3. The summed E-state index contributed by atoms with van der Waals surface area (Å²) in [5.41, 5.74) is 23.4. The van der Waals surface area contributed by atoms with E-state index >= 15 is 0 Å². The fourth-order valence-electron chi connectivity index (χ4n) is 13.7. The fraction of sp³-hybridized carbons (Fsp3) is 0.357. The Morgan fingerprint density at radius 3 is 2.03 bits per heavy atom. The van der Waals surface area contributed by atoms with Crippen LogP contribution in [0.2, 0.25) is 0 Å². The number of nitrogens with zero attached hydrogens (tertiary/aromatic N) is 3. The van der Waals surface area contributed by atoms with Gasteiger partial charge in [0.1, 0.15) is 0 Å². The first kappa shape index (κ1) is 36.6. The van der Waals surface area contributed by atoms with Gasteiger partial charge in [0.25, 0.3) is 6.71 Å². The molecule has 2 aliphatic carbocycles. The molecule has 4 heterocycles. The first-order chi connectivity index (χ1) is 28.7. The van der Waals surface area contributed by atoms with Crippen LogP contribution in [0.5, 0.6) is 0 Å². The molecule has 4 aliphatic heterocycles. The zero-order chi connectivity index (χ0) is 41.3. The zero-order valence-electron chi connectivity index (χ0n) is 37.1. The molecule has 6 aliphatic rings. The molecule has 4 atom stereocenters. The summed E-state index contributed by atoms with van der Waals surface area (Å²) >= 11 is 0. The second-order valence-corrected chi connectivity index (χ2v) is 21.3. The van der Waals surface area contributed by atoms with E-state index in [-0.39, 0.29) is 34.0 Å². The maximum absolute atomic E-state index is 2.93. The van der Waals surface area contributed by atoms with E-state index in [4.69, 9.17) is 0 Å². The van der Waals surface area contributed by atoms with E-state index in [9.17, 15) is 0 Å². The van der Waals surface area contributed by atoms with E-state index in [0.717, 1.165) is 12.8 Å². The Kier molecular flexibility index (Phi) is 7.19. The summed E-state index contributed by atoms with van der Waals surface area (Å²) in [6.07, 6.45) is 7.14. The van der Waals surface area contributed by atoms with Crippen LogP contribution in [0.1, 0.15) is 120 Å². The number of rotatable bonds is 2. The van der Waals surface area contributed by atoms with Gasteiger partial charge in [0, 0.05) is 50.6 Å². The molecule has 0 aromatic heterocycles. The summed E-state index contributed by atoms with van der Waals surface area (Å²) in [6.45, 7) is 22.2. The van der Waals surface area contributed by atoms with Crippen molar-refractivity contribution >= 4 is 62.9 Å². The molecule has 0 radical (unpaired) electrons. The van der Waals surface area contributed by atoms with Gasteiger partial charge in [-0.3, -0.25) is 0 Å². The van der Waals surface area contributed by atoms with Crippen molar-refractivity contribution in [2.45, 2.75) is 128 Å². The molecule has 0 amide bonds. The molecule has 4 heteroatoms. The average Bonchev–Trinajstić information content (AvgIpc) is 3.58. The Morgan fingerprint density at radius 2 is 1.25 bits per heavy atom. The van der Waals surface area contributed by atoms with Gasteiger partial charge in [-0.25, -0.2) is 0 Å². The number of hydrogen-bond acceptors (Lipinski definition) is 3. The summed E-state index contributed by atoms with van der Waals surface area (Å²) in [5.74, 6) is 0. The van der Waals surface area contributed by atoms with Crippen LogP contribution >= 0.6 is 0 Å². The van der Waals surface area contributed by atoms with Crippen LogP contribution in [0.25, 0.3) is 0 Å². The predicted molar refractivity (Wildman–Crippen MR) is 255 cm³/mol. The lowest BCUT2D eigenvalue weighted by molar-refractivity contribution is 0.195. The van der Waals surface area contributed by atoms with E-state index < -0.39 is 0 Å². The van der Waals surface area contributed by atoms with Crippen LogP contribution in [0.3, 0.4) is 0 Å². The van der Waals surface area contributed by atoms with Gasteiger partial charge in [0.15, 0.2) is 0 Å². The maximum atomic E-state index is 2.93. The van der Waals surface area contributed by atoms with Crippen molar-refractivity contribution < 1.29 is 0 Å². The summed E-state index contributed by atoms with van der Waals surface area (Å²) < 4.78 is 0.